The van der Waals surface area contributed by atoms with Crippen molar-refractivity contribution in [1.82, 2.24) is 4.98 Å². The van der Waals surface area contributed by atoms with Gasteiger partial charge in [0.1, 0.15) is 11.9 Å². The van der Waals surface area contributed by atoms with Gasteiger partial charge in [0.2, 0.25) is 0 Å². The number of pyridine rings is 1. The highest BCUT2D eigenvalue weighted by Crippen LogP contribution is 2.15. The van der Waals surface area contributed by atoms with E-state index < -0.39 is 18.0 Å². The van der Waals surface area contributed by atoms with Crippen molar-refractivity contribution in [2.24, 2.45) is 5.92 Å². The molecule has 110 valence electrons. The second-order valence-corrected chi connectivity index (χ2v) is 4.99. The lowest BCUT2D eigenvalue weighted by Crippen LogP contribution is -2.31. The summed E-state index contributed by atoms with van der Waals surface area (Å²) in [4.78, 5) is 26.8. The average Bonchev–Trinajstić information content (AvgIpc) is 2.36. The first kappa shape index (κ1) is 15.9. The molecular weight excluding hydrogens is 260 g/mol. The molecule has 6 heteroatoms. The Bertz CT molecular complexity index is 500. The fraction of sp³-hybridized carbons (Fsp3) is 0.500. The summed E-state index contributed by atoms with van der Waals surface area (Å²) in [5.74, 6) is -0.698. The summed E-state index contributed by atoms with van der Waals surface area (Å²) in [7, 11) is 1.30. The summed E-state index contributed by atoms with van der Waals surface area (Å²) in [5, 5.41) is 12.0. The Kier molecular flexibility index (Phi) is 5.49. The molecular formula is C14H20N2O4. The number of aliphatic carboxylic acids is 1. The molecule has 0 aliphatic rings. The molecule has 0 saturated carbocycles. The minimum absolute atomic E-state index is 0.249. The first-order chi connectivity index (χ1) is 9.35. The number of carboxylic acid groups (broad SMARTS) is 1. The molecule has 0 radical (unpaired) electrons. The van der Waals surface area contributed by atoms with Gasteiger partial charge in [-0.2, -0.15) is 0 Å². The first-order valence-electron chi connectivity index (χ1n) is 6.40. The standard InChI is InChI=1S/C14H20N2O4/c1-8(2)7-11(13(17)18)16-12-6-5-10(9(3)15-12)14(19)20-4/h5-6,8,11H,7H2,1-4H3,(H,15,16)(H,17,18). The third kappa shape index (κ3) is 4.22. The number of esters is 1. The van der Waals surface area contributed by atoms with Gasteiger partial charge in [-0.25, -0.2) is 14.6 Å². The van der Waals surface area contributed by atoms with Gasteiger partial charge in [0, 0.05) is 0 Å². The zero-order valence-corrected chi connectivity index (χ0v) is 12.1. The number of nitrogens with zero attached hydrogens (tertiary/aromatic N) is 1. The number of carbonyl (C=O) groups is 2. The van der Waals surface area contributed by atoms with Crippen molar-refractivity contribution in [2.45, 2.75) is 33.2 Å². The van der Waals surface area contributed by atoms with E-state index >= 15 is 0 Å². The molecule has 1 atom stereocenters. The van der Waals surface area contributed by atoms with Crippen LogP contribution >= 0.6 is 0 Å². The zero-order chi connectivity index (χ0) is 15.3. The number of aromatic nitrogens is 1. The van der Waals surface area contributed by atoms with Crippen molar-refractivity contribution >= 4 is 17.8 Å². The van der Waals surface area contributed by atoms with Gasteiger partial charge in [-0.1, -0.05) is 13.8 Å². The lowest BCUT2D eigenvalue weighted by atomic mass is 10.0. The SMILES string of the molecule is COC(=O)c1ccc(NC(CC(C)C)C(=O)O)nc1C. The van der Waals surface area contributed by atoms with Gasteiger partial charge in [-0.05, 0) is 31.4 Å². The number of anilines is 1. The van der Waals surface area contributed by atoms with Crippen molar-refractivity contribution in [3.63, 3.8) is 0 Å². The van der Waals surface area contributed by atoms with E-state index in [9.17, 15) is 9.59 Å². The number of rotatable bonds is 6. The number of hydrogen-bond acceptors (Lipinski definition) is 5. The Hall–Kier alpha value is -2.11. The maximum atomic E-state index is 11.4. The predicted molar refractivity (Wildman–Crippen MR) is 74.8 cm³/mol. The summed E-state index contributed by atoms with van der Waals surface area (Å²) in [6.07, 6.45) is 0.495. The van der Waals surface area contributed by atoms with Crippen LogP contribution in [0.4, 0.5) is 5.82 Å². The molecule has 0 aromatic carbocycles. The van der Waals surface area contributed by atoms with Crippen LogP contribution in [0, 0.1) is 12.8 Å². The van der Waals surface area contributed by atoms with Gasteiger partial charge >= 0.3 is 11.9 Å². The summed E-state index contributed by atoms with van der Waals surface area (Å²) < 4.78 is 4.64. The van der Waals surface area contributed by atoms with Crippen LogP contribution in [0.5, 0.6) is 0 Å². The molecule has 0 aliphatic heterocycles. The molecule has 0 aliphatic carbocycles. The van der Waals surface area contributed by atoms with E-state index in [2.05, 4.69) is 15.0 Å². The molecule has 6 nitrogen and oxygen atoms in total. The molecule has 1 aromatic heterocycles. The van der Waals surface area contributed by atoms with Crippen LogP contribution in [0.15, 0.2) is 12.1 Å². The van der Waals surface area contributed by atoms with E-state index in [4.69, 9.17) is 5.11 Å². The third-order valence-electron chi connectivity index (χ3n) is 2.82. The molecule has 20 heavy (non-hydrogen) atoms. The number of nitrogens with one attached hydrogen (secondary N) is 1. The van der Waals surface area contributed by atoms with E-state index in [0.29, 0.717) is 23.5 Å². The number of aryl methyl sites for hydroxylation is 1. The number of methoxy groups -OCH3 is 1. The number of carboxylic acids is 1. The van der Waals surface area contributed by atoms with Gasteiger partial charge in [-0.3, -0.25) is 0 Å². The molecule has 0 amide bonds. The average molecular weight is 280 g/mol. The largest absolute Gasteiger partial charge is 0.480 e. The van der Waals surface area contributed by atoms with E-state index in [1.807, 2.05) is 13.8 Å². The minimum Gasteiger partial charge on any atom is -0.480 e. The van der Waals surface area contributed by atoms with Crippen LogP contribution in [-0.4, -0.2) is 35.2 Å². The van der Waals surface area contributed by atoms with Crippen LogP contribution < -0.4 is 5.32 Å². The van der Waals surface area contributed by atoms with Crippen LogP contribution in [0.1, 0.15) is 36.3 Å². The molecule has 1 heterocycles. The molecule has 0 fully saturated rings. The summed E-state index contributed by atoms with van der Waals surface area (Å²) >= 11 is 0. The lowest BCUT2D eigenvalue weighted by Gasteiger charge is -2.17. The highest BCUT2D eigenvalue weighted by molar-refractivity contribution is 5.90. The number of hydrogen-bond donors (Lipinski definition) is 2. The third-order valence-corrected chi connectivity index (χ3v) is 2.82. The van der Waals surface area contributed by atoms with Crippen molar-refractivity contribution in [3.05, 3.63) is 23.4 Å². The van der Waals surface area contributed by atoms with Crippen LogP contribution in [0.25, 0.3) is 0 Å². The maximum absolute atomic E-state index is 11.4. The molecule has 0 spiro atoms. The monoisotopic (exact) mass is 280 g/mol. The highest BCUT2D eigenvalue weighted by atomic mass is 16.5. The summed E-state index contributed by atoms with van der Waals surface area (Å²) in [6, 6.07) is 2.45. The smallest absolute Gasteiger partial charge is 0.339 e. The van der Waals surface area contributed by atoms with Crippen molar-refractivity contribution in [2.75, 3.05) is 12.4 Å². The zero-order valence-electron chi connectivity index (χ0n) is 12.1. The first-order valence-corrected chi connectivity index (χ1v) is 6.40. The summed E-state index contributed by atoms with van der Waals surface area (Å²) in [5.41, 5.74) is 0.865. The molecule has 0 saturated heterocycles. The molecule has 1 unspecified atom stereocenters. The Morgan fingerprint density at radius 2 is 2.05 bits per heavy atom. The maximum Gasteiger partial charge on any atom is 0.339 e. The van der Waals surface area contributed by atoms with E-state index in [1.165, 1.54) is 7.11 Å². The molecule has 2 N–H and O–H groups in total. The number of ether oxygens (including phenoxy) is 1. The summed E-state index contributed by atoms with van der Waals surface area (Å²) in [6.45, 7) is 5.59. The molecule has 0 bridgehead atoms. The highest BCUT2D eigenvalue weighted by Gasteiger charge is 2.19. The van der Waals surface area contributed by atoms with Gasteiger partial charge in [0.25, 0.3) is 0 Å². The Balaban J connectivity index is 2.89. The molecule has 1 rings (SSSR count). The van der Waals surface area contributed by atoms with Crippen molar-refractivity contribution in [1.29, 1.82) is 0 Å². The van der Waals surface area contributed by atoms with Crippen LogP contribution in [-0.2, 0) is 9.53 Å². The molecule has 1 aromatic rings. The topological polar surface area (TPSA) is 88.5 Å². The fourth-order valence-electron chi connectivity index (χ4n) is 1.84. The fourth-order valence-corrected chi connectivity index (χ4v) is 1.84. The van der Waals surface area contributed by atoms with Crippen LogP contribution in [0.3, 0.4) is 0 Å². The Morgan fingerprint density at radius 1 is 1.40 bits per heavy atom. The van der Waals surface area contributed by atoms with Crippen molar-refractivity contribution in [3.8, 4) is 0 Å². The second kappa shape index (κ2) is 6.88. The second-order valence-electron chi connectivity index (χ2n) is 4.99. The van der Waals surface area contributed by atoms with E-state index in [1.54, 1.807) is 19.1 Å². The predicted octanol–water partition coefficient (Wildman–Crippen LogP) is 2.09. The number of carbonyl (C=O) groups excluding carboxylic acids is 1. The van der Waals surface area contributed by atoms with Gasteiger partial charge in [0.05, 0.1) is 18.4 Å². The minimum atomic E-state index is -0.921. The van der Waals surface area contributed by atoms with Crippen LogP contribution in [0.2, 0.25) is 0 Å². The van der Waals surface area contributed by atoms with Gasteiger partial charge < -0.3 is 15.2 Å². The van der Waals surface area contributed by atoms with Gasteiger partial charge in [-0.15, -0.1) is 0 Å². The van der Waals surface area contributed by atoms with Gasteiger partial charge in [0.15, 0.2) is 0 Å². The normalized spacial score (nSPS) is 12.1. The quantitative estimate of drug-likeness (QED) is 0.776. The Morgan fingerprint density at radius 3 is 2.50 bits per heavy atom. The van der Waals surface area contributed by atoms with Crippen molar-refractivity contribution < 1.29 is 19.4 Å². The Labute approximate surface area is 118 Å². The van der Waals surface area contributed by atoms with E-state index in [0.717, 1.165) is 0 Å². The van der Waals surface area contributed by atoms with E-state index in [-0.39, 0.29) is 5.92 Å². The lowest BCUT2D eigenvalue weighted by molar-refractivity contribution is -0.138.